The number of aliphatic imine (C=N–C) groups is 1. The highest BCUT2D eigenvalue weighted by Gasteiger charge is 2.45. The molecule has 2 atom stereocenters. The monoisotopic (exact) mass is 267 g/mol. The van der Waals surface area contributed by atoms with Crippen molar-refractivity contribution in [1.29, 1.82) is 0 Å². The van der Waals surface area contributed by atoms with E-state index < -0.39 is 0 Å². The summed E-state index contributed by atoms with van der Waals surface area (Å²) in [5.74, 6) is 1.72. The Balaban J connectivity index is 1.80. The molecular weight excluding hydrogens is 238 g/mol. The number of guanidine groups is 1. The van der Waals surface area contributed by atoms with Gasteiger partial charge in [-0.2, -0.15) is 0 Å². The lowest BCUT2D eigenvalue weighted by atomic mass is 10.0. The third kappa shape index (κ3) is 4.10. The summed E-state index contributed by atoms with van der Waals surface area (Å²) in [6, 6.07) is 0. The number of hydrogen-bond donors (Lipinski definition) is 2. The van der Waals surface area contributed by atoms with Crippen LogP contribution in [0.5, 0.6) is 0 Å². The van der Waals surface area contributed by atoms with Gasteiger partial charge in [-0.25, -0.2) is 0 Å². The molecule has 2 N–H and O–H groups in total. The molecule has 2 aliphatic rings. The van der Waals surface area contributed by atoms with Crippen molar-refractivity contribution in [2.45, 2.75) is 52.6 Å². The fourth-order valence-corrected chi connectivity index (χ4v) is 2.69. The summed E-state index contributed by atoms with van der Waals surface area (Å²) in [6.45, 7) is 12.5. The molecule has 1 aliphatic carbocycles. The summed E-state index contributed by atoms with van der Waals surface area (Å²) in [5, 5.41) is 6.78. The minimum Gasteiger partial charge on any atom is -0.373 e. The lowest BCUT2D eigenvalue weighted by Gasteiger charge is -2.21. The molecule has 19 heavy (non-hydrogen) atoms. The Labute approximate surface area is 117 Å². The molecule has 0 amide bonds. The summed E-state index contributed by atoms with van der Waals surface area (Å²) >= 11 is 0. The maximum Gasteiger partial charge on any atom is 0.191 e. The Morgan fingerprint density at radius 1 is 1.32 bits per heavy atom. The van der Waals surface area contributed by atoms with Gasteiger partial charge in [-0.15, -0.1) is 0 Å². The van der Waals surface area contributed by atoms with Gasteiger partial charge in [0.05, 0.1) is 12.1 Å². The molecule has 2 fully saturated rings. The van der Waals surface area contributed by atoms with Gasteiger partial charge in [0.1, 0.15) is 0 Å². The van der Waals surface area contributed by atoms with Crippen LogP contribution in [0.1, 0.15) is 47.0 Å². The highest BCUT2D eigenvalue weighted by atomic mass is 16.5. The van der Waals surface area contributed by atoms with Gasteiger partial charge < -0.3 is 15.4 Å². The molecule has 4 heteroatoms. The number of nitrogens with zero attached hydrogens (tertiary/aromatic N) is 1. The summed E-state index contributed by atoms with van der Waals surface area (Å²) < 4.78 is 5.78. The molecule has 0 aromatic carbocycles. The van der Waals surface area contributed by atoms with Crippen LogP contribution >= 0.6 is 0 Å². The fourth-order valence-electron chi connectivity index (χ4n) is 2.69. The summed E-state index contributed by atoms with van der Waals surface area (Å²) in [4.78, 5) is 4.68. The van der Waals surface area contributed by atoms with Crippen LogP contribution in [-0.2, 0) is 4.74 Å². The van der Waals surface area contributed by atoms with Gasteiger partial charge in [-0.05, 0) is 44.4 Å². The van der Waals surface area contributed by atoms with E-state index in [1.54, 1.807) is 0 Å². The quantitative estimate of drug-likeness (QED) is 0.593. The third-order valence-electron chi connectivity index (χ3n) is 4.45. The first-order valence-electron chi connectivity index (χ1n) is 7.61. The van der Waals surface area contributed by atoms with Crippen LogP contribution in [0.25, 0.3) is 0 Å². The molecule has 0 spiro atoms. The Bertz CT molecular complexity index is 332. The molecule has 110 valence electrons. The van der Waals surface area contributed by atoms with Gasteiger partial charge in [0.25, 0.3) is 0 Å². The zero-order valence-corrected chi connectivity index (χ0v) is 12.9. The number of nitrogens with one attached hydrogen (secondary N) is 2. The average Bonchev–Trinajstić information content (AvgIpc) is 2.75. The van der Waals surface area contributed by atoms with Crippen molar-refractivity contribution >= 4 is 5.96 Å². The zero-order chi connectivity index (χ0) is 13.9. The standard InChI is InChI=1S/C15H29N3O/c1-5-16-13(17-10-12-9-14(12,2)3)18-11-15(4)7-6-8-19-15/h12H,5-11H2,1-4H3,(H2,16,17,18). The van der Waals surface area contributed by atoms with Crippen LogP contribution in [0.2, 0.25) is 0 Å². The van der Waals surface area contributed by atoms with Crippen molar-refractivity contribution in [1.82, 2.24) is 10.6 Å². The highest BCUT2D eigenvalue weighted by Crippen LogP contribution is 2.50. The van der Waals surface area contributed by atoms with Crippen molar-refractivity contribution in [2.24, 2.45) is 16.3 Å². The van der Waals surface area contributed by atoms with Gasteiger partial charge in [0.15, 0.2) is 5.96 Å². The Morgan fingerprint density at radius 2 is 2.05 bits per heavy atom. The topological polar surface area (TPSA) is 45.7 Å². The highest BCUT2D eigenvalue weighted by molar-refractivity contribution is 5.79. The maximum atomic E-state index is 5.78. The summed E-state index contributed by atoms with van der Waals surface area (Å²) in [7, 11) is 0. The molecule has 4 nitrogen and oxygen atoms in total. The number of hydrogen-bond acceptors (Lipinski definition) is 2. The molecule has 0 radical (unpaired) electrons. The largest absolute Gasteiger partial charge is 0.373 e. The van der Waals surface area contributed by atoms with Crippen LogP contribution < -0.4 is 10.6 Å². The van der Waals surface area contributed by atoms with E-state index in [1.807, 2.05) is 0 Å². The van der Waals surface area contributed by atoms with E-state index in [0.717, 1.165) is 51.0 Å². The van der Waals surface area contributed by atoms with E-state index in [0.29, 0.717) is 5.41 Å². The Kier molecular flexibility index (Phi) is 4.39. The van der Waals surface area contributed by atoms with E-state index in [1.165, 1.54) is 6.42 Å². The predicted octanol–water partition coefficient (Wildman–Crippen LogP) is 2.16. The molecule has 0 aromatic rings. The second kappa shape index (κ2) is 5.70. The summed E-state index contributed by atoms with van der Waals surface area (Å²) in [5.41, 5.74) is 0.464. The van der Waals surface area contributed by atoms with Crippen molar-refractivity contribution in [3.8, 4) is 0 Å². The van der Waals surface area contributed by atoms with Crippen molar-refractivity contribution in [3.05, 3.63) is 0 Å². The minimum absolute atomic E-state index is 0.0544. The van der Waals surface area contributed by atoms with Crippen molar-refractivity contribution < 1.29 is 4.74 Å². The normalized spacial score (nSPS) is 33.3. The van der Waals surface area contributed by atoms with E-state index in [-0.39, 0.29) is 5.60 Å². The molecule has 2 rings (SSSR count). The van der Waals surface area contributed by atoms with E-state index in [4.69, 9.17) is 4.74 Å². The van der Waals surface area contributed by atoms with Crippen LogP contribution in [-0.4, -0.2) is 37.8 Å². The van der Waals surface area contributed by atoms with Gasteiger partial charge >= 0.3 is 0 Å². The third-order valence-corrected chi connectivity index (χ3v) is 4.45. The lowest BCUT2D eigenvalue weighted by Crippen LogP contribution is -2.40. The SMILES string of the molecule is CCNC(=NCC1(C)CCCO1)NCC1CC1(C)C. The van der Waals surface area contributed by atoms with Crippen LogP contribution in [0, 0.1) is 11.3 Å². The molecule has 1 saturated carbocycles. The Hall–Kier alpha value is -0.770. The van der Waals surface area contributed by atoms with E-state index >= 15 is 0 Å². The Morgan fingerprint density at radius 3 is 2.58 bits per heavy atom. The van der Waals surface area contributed by atoms with E-state index in [2.05, 4.69) is 43.3 Å². The molecule has 1 aliphatic heterocycles. The zero-order valence-electron chi connectivity index (χ0n) is 12.9. The molecule has 0 aromatic heterocycles. The molecule has 0 bridgehead atoms. The fraction of sp³-hybridized carbons (Fsp3) is 0.933. The second-order valence-corrected chi connectivity index (χ2v) is 6.87. The first-order chi connectivity index (χ1) is 8.95. The van der Waals surface area contributed by atoms with Crippen LogP contribution in [0.15, 0.2) is 4.99 Å². The second-order valence-electron chi connectivity index (χ2n) is 6.87. The van der Waals surface area contributed by atoms with Gasteiger partial charge in [0, 0.05) is 19.7 Å². The van der Waals surface area contributed by atoms with Gasteiger partial charge in [-0.1, -0.05) is 13.8 Å². The molecule has 2 unspecified atom stereocenters. The first kappa shape index (κ1) is 14.6. The number of ether oxygens (including phenoxy) is 1. The lowest BCUT2D eigenvalue weighted by molar-refractivity contribution is 0.0283. The van der Waals surface area contributed by atoms with Crippen molar-refractivity contribution in [3.63, 3.8) is 0 Å². The van der Waals surface area contributed by atoms with Crippen LogP contribution in [0.4, 0.5) is 0 Å². The smallest absolute Gasteiger partial charge is 0.191 e. The van der Waals surface area contributed by atoms with Crippen LogP contribution in [0.3, 0.4) is 0 Å². The average molecular weight is 267 g/mol. The molecule has 1 heterocycles. The van der Waals surface area contributed by atoms with Crippen molar-refractivity contribution in [2.75, 3.05) is 26.2 Å². The van der Waals surface area contributed by atoms with Gasteiger partial charge in [0.2, 0.25) is 0 Å². The molecule has 1 saturated heterocycles. The van der Waals surface area contributed by atoms with Gasteiger partial charge in [-0.3, -0.25) is 4.99 Å². The first-order valence-corrected chi connectivity index (χ1v) is 7.61. The minimum atomic E-state index is -0.0544. The maximum absolute atomic E-state index is 5.78. The summed E-state index contributed by atoms with van der Waals surface area (Å²) in [6.07, 6.45) is 3.60. The molecular formula is C15H29N3O. The van der Waals surface area contributed by atoms with E-state index in [9.17, 15) is 0 Å². The number of rotatable bonds is 5. The predicted molar refractivity (Wildman–Crippen MR) is 79.5 cm³/mol.